The number of hydrogen-bond acceptors (Lipinski definition) is 5. The molecule has 0 aliphatic carbocycles. The van der Waals surface area contributed by atoms with Gasteiger partial charge >= 0.3 is 5.97 Å². The molecule has 3 aromatic rings. The summed E-state index contributed by atoms with van der Waals surface area (Å²) in [6, 6.07) is 19.4. The van der Waals surface area contributed by atoms with Crippen molar-refractivity contribution >= 4 is 34.9 Å². The number of carbonyl (C=O) groups excluding carboxylic acids is 3. The Morgan fingerprint density at radius 2 is 1.50 bits per heavy atom. The molecule has 0 bridgehead atoms. The van der Waals surface area contributed by atoms with Gasteiger partial charge in [-0.2, -0.15) is 0 Å². The smallest absolute Gasteiger partial charge is 0.306 e. The number of para-hydroxylation sites is 1. The summed E-state index contributed by atoms with van der Waals surface area (Å²) in [6.45, 7) is 3.64. The van der Waals surface area contributed by atoms with Crippen molar-refractivity contribution in [3.05, 3.63) is 88.4 Å². The molecule has 7 heteroatoms. The summed E-state index contributed by atoms with van der Waals surface area (Å²) >= 11 is 5.79. The van der Waals surface area contributed by atoms with Crippen LogP contribution in [0.4, 0.5) is 5.69 Å². The lowest BCUT2D eigenvalue weighted by atomic mass is 10.1. The zero-order valence-corrected chi connectivity index (χ0v) is 19.9. The molecule has 0 saturated heterocycles. The van der Waals surface area contributed by atoms with Gasteiger partial charge in [0.25, 0.3) is 0 Å². The maximum Gasteiger partial charge on any atom is 0.306 e. The first-order valence-corrected chi connectivity index (χ1v) is 11.3. The fraction of sp³-hybridized carbons (Fsp3) is 0.222. The van der Waals surface area contributed by atoms with Gasteiger partial charge < -0.3 is 14.8 Å². The van der Waals surface area contributed by atoms with Gasteiger partial charge in [-0.15, -0.1) is 0 Å². The van der Waals surface area contributed by atoms with Gasteiger partial charge in [-0.05, 0) is 79.9 Å². The van der Waals surface area contributed by atoms with E-state index in [1.807, 2.05) is 32.0 Å². The number of nitrogens with one attached hydrogen (secondary N) is 1. The first-order valence-electron chi connectivity index (χ1n) is 10.9. The van der Waals surface area contributed by atoms with E-state index in [0.717, 1.165) is 16.9 Å². The number of hydrogen-bond donors (Lipinski definition) is 1. The van der Waals surface area contributed by atoms with Gasteiger partial charge in [0, 0.05) is 29.1 Å². The normalized spacial score (nSPS) is 10.4. The Morgan fingerprint density at radius 3 is 2.15 bits per heavy atom. The summed E-state index contributed by atoms with van der Waals surface area (Å²) in [5.41, 5.74) is 3.15. The van der Waals surface area contributed by atoms with Gasteiger partial charge in [0.15, 0.2) is 12.4 Å². The molecular weight excluding hydrogens is 454 g/mol. The third-order valence-corrected chi connectivity index (χ3v) is 5.33. The molecule has 1 N–H and O–H groups in total. The maximum atomic E-state index is 12.2. The van der Waals surface area contributed by atoms with Gasteiger partial charge in [0.2, 0.25) is 5.91 Å². The minimum Gasteiger partial charge on any atom is -0.457 e. The Bertz CT molecular complexity index is 1140. The third kappa shape index (κ3) is 7.46. The summed E-state index contributed by atoms with van der Waals surface area (Å²) in [7, 11) is 0. The second-order valence-electron chi connectivity index (χ2n) is 7.84. The molecule has 3 aromatic carbocycles. The summed E-state index contributed by atoms with van der Waals surface area (Å²) in [6.07, 6.45) is 0.512. The monoisotopic (exact) mass is 479 g/mol. The number of carbonyl (C=O) groups is 3. The minimum absolute atomic E-state index is 0.0455. The molecule has 0 aliphatic rings. The van der Waals surface area contributed by atoms with E-state index in [9.17, 15) is 14.4 Å². The van der Waals surface area contributed by atoms with Crippen molar-refractivity contribution in [3.63, 3.8) is 0 Å². The van der Waals surface area contributed by atoms with Crippen LogP contribution >= 0.6 is 11.6 Å². The molecule has 0 aromatic heterocycles. The molecular formula is C27H26ClNO5. The van der Waals surface area contributed by atoms with Gasteiger partial charge in [-0.1, -0.05) is 29.8 Å². The average Bonchev–Trinajstić information content (AvgIpc) is 2.81. The van der Waals surface area contributed by atoms with Crippen molar-refractivity contribution in [1.29, 1.82) is 0 Å². The Balaban J connectivity index is 1.38. The van der Waals surface area contributed by atoms with E-state index in [1.54, 1.807) is 48.5 Å². The Morgan fingerprint density at radius 1 is 0.853 bits per heavy atom. The summed E-state index contributed by atoms with van der Waals surface area (Å²) in [4.78, 5) is 36.1. The highest BCUT2D eigenvalue weighted by atomic mass is 35.5. The van der Waals surface area contributed by atoms with Gasteiger partial charge in [-0.3, -0.25) is 14.4 Å². The van der Waals surface area contributed by atoms with E-state index in [0.29, 0.717) is 28.4 Å². The van der Waals surface area contributed by atoms with E-state index < -0.39 is 5.97 Å². The highest BCUT2D eigenvalue weighted by Crippen LogP contribution is 2.29. The molecule has 176 valence electrons. The predicted molar refractivity (Wildman–Crippen MR) is 132 cm³/mol. The highest BCUT2D eigenvalue weighted by molar-refractivity contribution is 6.30. The number of benzene rings is 3. The lowest BCUT2D eigenvalue weighted by Gasteiger charge is -2.12. The SMILES string of the molecule is Cc1cccc(C)c1Oc1ccc(NC(=O)CCCC(=O)OCC(=O)c2ccc(Cl)cc2)cc1. The van der Waals surface area contributed by atoms with Crippen LogP contribution in [0.3, 0.4) is 0 Å². The number of rotatable bonds is 10. The third-order valence-electron chi connectivity index (χ3n) is 5.08. The van der Waals surface area contributed by atoms with Gasteiger partial charge in [-0.25, -0.2) is 0 Å². The molecule has 3 rings (SSSR count). The van der Waals surface area contributed by atoms with Crippen LogP contribution in [0.15, 0.2) is 66.7 Å². The molecule has 0 radical (unpaired) electrons. The first-order chi connectivity index (χ1) is 16.3. The lowest BCUT2D eigenvalue weighted by molar-refractivity contribution is -0.142. The van der Waals surface area contributed by atoms with Crippen LogP contribution in [-0.2, 0) is 14.3 Å². The highest BCUT2D eigenvalue weighted by Gasteiger charge is 2.11. The van der Waals surface area contributed by atoms with Crippen molar-refractivity contribution in [3.8, 4) is 11.5 Å². The summed E-state index contributed by atoms with van der Waals surface area (Å²) in [5, 5.41) is 3.32. The lowest BCUT2D eigenvalue weighted by Crippen LogP contribution is -2.15. The Labute approximate surface area is 203 Å². The molecule has 0 fully saturated rings. The number of halogens is 1. The van der Waals surface area contributed by atoms with Crippen LogP contribution in [-0.4, -0.2) is 24.3 Å². The van der Waals surface area contributed by atoms with Crippen molar-refractivity contribution < 1.29 is 23.9 Å². The Hall–Kier alpha value is -3.64. The number of esters is 1. The van der Waals surface area contributed by atoms with Crippen LogP contribution in [0.5, 0.6) is 11.5 Å². The van der Waals surface area contributed by atoms with Gasteiger partial charge in [0.1, 0.15) is 11.5 Å². The first kappa shape index (κ1) is 25.0. The van der Waals surface area contributed by atoms with Crippen LogP contribution in [0.2, 0.25) is 5.02 Å². The van der Waals surface area contributed by atoms with Crippen molar-refractivity contribution in [2.24, 2.45) is 0 Å². The maximum absolute atomic E-state index is 12.2. The summed E-state index contributed by atoms with van der Waals surface area (Å²) in [5.74, 6) is 0.441. The summed E-state index contributed by atoms with van der Waals surface area (Å²) < 4.78 is 11.0. The number of anilines is 1. The van der Waals surface area contributed by atoms with E-state index in [1.165, 1.54) is 0 Å². The molecule has 0 saturated carbocycles. The van der Waals surface area contributed by atoms with Crippen molar-refractivity contribution in [2.75, 3.05) is 11.9 Å². The number of aryl methyl sites for hydroxylation is 2. The molecule has 0 atom stereocenters. The molecule has 0 heterocycles. The number of ether oxygens (including phenoxy) is 2. The molecule has 1 amide bonds. The van der Waals surface area contributed by atoms with Crippen molar-refractivity contribution in [2.45, 2.75) is 33.1 Å². The van der Waals surface area contributed by atoms with E-state index in [4.69, 9.17) is 21.1 Å². The van der Waals surface area contributed by atoms with Crippen molar-refractivity contribution in [1.82, 2.24) is 0 Å². The van der Waals surface area contributed by atoms with Crippen LogP contribution in [0.25, 0.3) is 0 Å². The zero-order valence-electron chi connectivity index (χ0n) is 19.1. The van der Waals surface area contributed by atoms with E-state index in [-0.39, 0.29) is 31.1 Å². The van der Waals surface area contributed by atoms with E-state index in [2.05, 4.69) is 5.32 Å². The predicted octanol–water partition coefficient (Wildman–Crippen LogP) is 6.28. The average molecular weight is 480 g/mol. The number of amides is 1. The minimum atomic E-state index is -0.525. The topological polar surface area (TPSA) is 81.7 Å². The van der Waals surface area contributed by atoms with Crippen LogP contribution in [0, 0.1) is 13.8 Å². The molecule has 0 unspecified atom stereocenters. The molecule has 6 nitrogen and oxygen atoms in total. The quantitative estimate of drug-likeness (QED) is 0.273. The molecule has 34 heavy (non-hydrogen) atoms. The Kier molecular flexibility index (Phi) is 8.82. The second kappa shape index (κ2) is 12.0. The number of ketones is 1. The molecule has 0 spiro atoms. The molecule has 0 aliphatic heterocycles. The van der Waals surface area contributed by atoms with Crippen LogP contribution < -0.4 is 10.1 Å². The van der Waals surface area contributed by atoms with Crippen LogP contribution in [0.1, 0.15) is 40.7 Å². The van der Waals surface area contributed by atoms with E-state index >= 15 is 0 Å². The standard InChI is InChI=1S/C27H26ClNO5/c1-18-5-3-6-19(2)27(18)34-23-15-13-22(14-16-23)29-25(31)7-4-8-26(32)33-17-24(30)20-9-11-21(28)12-10-20/h3,5-6,9-16H,4,7-8,17H2,1-2H3,(H,29,31). The fourth-order valence-corrected chi connectivity index (χ4v) is 3.36. The fourth-order valence-electron chi connectivity index (χ4n) is 3.24. The van der Waals surface area contributed by atoms with Gasteiger partial charge in [0.05, 0.1) is 0 Å². The largest absolute Gasteiger partial charge is 0.457 e. The zero-order chi connectivity index (χ0) is 24.5. The number of Topliss-reactive ketones (excluding diaryl/α,β-unsaturated/α-hetero) is 1. The second-order valence-corrected chi connectivity index (χ2v) is 8.28.